The van der Waals surface area contributed by atoms with E-state index in [2.05, 4.69) is 0 Å². The van der Waals surface area contributed by atoms with Crippen LogP contribution in [0.2, 0.25) is 0 Å². The maximum atomic E-state index is 8.74. The van der Waals surface area contributed by atoms with Gasteiger partial charge in [-0.2, -0.15) is 18.3 Å². The Bertz CT molecular complexity index is 154. The Morgan fingerprint density at radius 3 is 1.10 bits per heavy atom. The van der Waals surface area contributed by atoms with Crippen LogP contribution in [0.5, 0.6) is 0 Å². The summed E-state index contributed by atoms with van der Waals surface area (Å²) < 4.78 is 40.3. The van der Waals surface area contributed by atoms with Crippen LogP contribution < -0.4 is 0 Å². The highest BCUT2D eigenvalue weighted by Gasteiger charge is 1.84. The summed E-state index contributed by atoms with van der Waals surface area (Å²) in [6.07, 6.45) is 0. The van der Waals surface area contributed by atoms with Gasteiger partial charge in [-0.25, -0.2) is 0 Å². The molecule has 0 aromatic carbocycles. The Morgan fingerprint density at radius 2 is 1.10 bits per heavy atom. The van der Waals surface area contributed by atoms with E-state index in [-0.39, 0.29) is 9.90 Å². The van der Waals surface area contributed by atoms with Gasteiger partial charge in [0.1, 0.15) is 0 Å². The van der Waals surface area contributed by atoms with Crippen LogP contribution in [0.15, 0.2) is 0 Å². The molecule has 1 atom stereocenters. The highest BCUT2D eigenvalue weighted by Crippen LogP contribution is 1.98. The zero-order chi connectivity index (χ0) is 8.08. The van der Waals surface area contributed by atoms with Gasteiger partial charge in [0.15, 0.2) is 0 Å². The predicted octanol–water partition coefficient (Wildman–Crippen LogP) is -1.23. The summed E-state index contributed by atoms with van der Waals surface area (Å²) in [5.74, 6) is 0. The van der Waals surface area contributed by atoms with E-state index in [0.29, 0.717) is 0 Å². The van der Waals surface area contributed by atoms with E-state index in [4.69, 9.17) is 31.9 Å². The smallest absolute Gasteiger partial charge is 0.326 e. The van der Waals surface area contributed by atoms with Crippen LogP contribution in [0.1, 0.15) is 0 Å². The Hall–Kier alpha value is 0.450. The predicted molar refractivity (Wildman–Crippen MR) is 38.7 cm³/mol. The van der Waals surface area contributed by atoms with Crippen molar-refractivity contribution in [2.45, 2.75) is 0 Å². The summed E-state index contributed by atoms with van der Waals surface area (Å²) in [5.41, 5.74) is 0. The fraction of sp³-hybridized carbons (Fsp3) is 0. The fourth-order valence-electron chi connectivity index (χ4n) is 0. The molecule has 0 aliphatic carbocycles. The van der Waals surface area contributed by atoms with Gasteiger partial charge in [-0.05, 0) is 0 Å². The summed E-state index contributed by atoms with van der Waals surface area (Å²) in [6, 6.07) is 0. The molecule has 0 bridgehead atoms. The Kier molecular flexibility index (Phi) is 12.7. The van der Waals surface area contributed by atoms with Crippen LogP contribution in [0.3, 0.4) is 0 Å². The number of rotatable bonds is 0. The van der Waals surface area contributed by atoms with E-state index >= 15 is 0 Å². The van der Waals surface area contributed by atoms with Crippen LogP contribution >= 0.6 is 18.2 Å². The first-order valence-electron chi connectivity index (χ1n) is 1.35. The maximum Gasteiger partial charge on any atom is 0.394 e. The first kappa shape index (κ1) is 16.8. The van der Waals surface area contributed by atoms with E-state index in [1.54, 1.807) is 0 Å². The van der Waals surface area contributed by atoms with Gasteiger partial charge in [-0.3, -0.25) is 13.7 Å². The molecule has 4 N–H and O–H groups in total. The molecule has 0 amide bonds. The lowest BCUT2D eigenvalue weighted by molar-refractivity contribution is 0.380. The molecule has 66 valence electrons. The Balaban J connectivity index is -0.0000000910. The van der Waals surface area contributed by atoms with Gasteiger partial charge < -0.3 is 9.79 Å². The SMILES string of the molecule is O=S(=O)(O)O.O=[PH](O)O.P. The fourth-order valence-corrected chi connectivity index (χ4v) is 0. The Morgan fingerprint density at radius 1 is 1.10 bits per heavy atom. The van der Waals surface area contributed by atoms with Gasteiger partial charge in [-0.15, -0.1) is 0 Å². The second kappa shape index (κ2) is 7.56. The van der Waals surface area contributed by atoms with Gasteiger partial charge in [-0.1, -0.05) is 0 Å². The van der Waals surface area contributed by atoms with Crippen LogP contribution in [0.4, 0.5) is 0 Å². The van der Waals surface area contributed by atoms with Crippen molar-refractivity contribution in [3.05, 3.63) is 0 Å². The van der Waals surface area contributed by atoms with Crippen LogP contribution in [0, 0.1) is 0 Å². The monoisotopic (exact) mass is 214 g/mol. The highest BCUT2D eigenvalue weighted by atomic mass is 32.3. The lowest BCUT2D eigenvalue weighted by Crippen LogP contribution is -1.89. The van der Waals surface area contributed by atoms with Gasteiger partial charge in [0, 0.05) is 0 Å². The molecule has 0 rings (SSSR count). The van der Waals surface area contributed by atoms with Gasteiger partial charge >= 0.3 is 18.7 Å². The van der Waals surface area contributed by atoms with Crippen LogP contribution in [-0.2, 0) is 15.0 Å². The lowest BCUT2D eigenvalue weighted by Gasteiger charge is -1.68. The number of hydrogen-bond donors (Lipinski definition) is 4. The maximum absolute atomic E-state index is 8.74. The molecule has 0 heterocycles. The van der Waals surface area contributed by atoms with Crippen molar-refractivity contribution in [1.29, 1.82) is 0 Å². The third kappa shape index (κ3) is 2320. The van der Waals surface area contributed by atoms with E-state index in [1.807, 2.05) is 0 Å². The van der Waals surface area contributed by atoms with Crippen molar-refractivity contribution >= 4 is 28.6 Å². The molecule has 0 aliphatic rings. The van der Waals surface area contributed by atoms with E-state index in [9.17, 15) is 0 Å². The van der Waals surface area contributed by atoms with Crippen molar-refractivity contribution in [2.75, 3.05) is 0 Å². The first-order valence-corrected chi connectivity index (χ1v) is 4.05. The summed E-state index contributed by atoms with van der Waals surface area (Å²) in [6.45, 7) is 0. The molecule has 0 aromatic rings. The first-order chi connectivity index (χ1) is 3.73. The third-order valence-corrected chi connectivity index (χ3v) is 0. The van der Waals surface area contributed by atoms with Crippen molar-refractivity contribution in [2.24, 2.45) is 0 Å². The topological polar surface area (TPSA) is 132 Å². The summed E-state index contributed by atoms with van der Waals surface area (Å²) >= 11 is 0. The molecule has 0 fully saturated rings. The molecule has 0 saturated heterocycles. The lowest BCUT2D eigenvalue weighted by atomic mass is 15.8. The van der Waals surface area contributed by atoms with Gasteiger partial charge in [0.2, 0.25) is 0 Å². The molecular weight excluding hydrogens is 206 g/mol. The van der Waals surface area contributed by atoms with E-state index in [1.165, 1.54) is 0 Å². The summed E-state index contributed by atoms with van der Waals surface area (Å²) in [7, 11) is -7.80. The second-order valence-electron chi connectivity index (χ2n) is 0.730. The average Bonchev–Trinajstić information content (AvgIpc) is 1.19. The summed E-state index contributed by atoms with van der Waals surface area (Å²) in [5, 5.41) is 0. The molecule has 0 aromatic heterocycles. The quantitative estimate of drug-likeness (QED) is 0.293. The minimum absolute atomic E-state index is 0. The molecule has 0 spiro atoms. The second-order valence-corrected chi connectivity index (χ2v) is 2.19. The zero-order valence-electron chi connectivity index (χ0n) is 4.63. The van der Waals surface area contributed by atoms with E-state index < -0.39 is 18.7 Å². The minimum Gasteiger partial charge on any atom is -0.326 e. The molecule has 0 radical (unpaired) electrons. The molecule has 10 heavy (non-hydrogen) atoms. The molecule has 10 heteroatoms. The van der Waals surface area contributed by atoms with Crippen molar-refractivity contribution < 1.29 is 31.9 Å². The van der Waals surface area contributed by atoms with Gasteiger partial charge in [0.05, 0.1) is 0 Å². The standard InChI is InChI=1S/H2O4S.H3O3P.H3P/c1-5(2,3)4;1-4(2)3;/h(H2,1,2,3,4);4H,(H2,1,2,3);1H3. The van der Waals surface area contributed by atoms with Crippen molar-refractivity contribution in [3.8, 4) is 0 Å². The number of hydrogen-bond acceptors (Lipinski definition) is 3. The highest BCUT2D eigenvalue weighted by molar-refractivity contribution is 7.79. The molecule has 1 unspecified atom stereocenters. The van der Waals surface area contributed by atoms with E-state index in [0.717, 1.165) is 0 Å². The molecular formula is H8O7P2S. The normalized spacial score (nSPS) is 9.30. The average molecular weight is 214 g/mol. The Labute approximate surface area is 61.2 Å². The van der Waals surface area contributed by atoms with Crippen LogP contribution in [-0.4, -0.2) is 27.3 Å². The van der Waals surface area contributed by atoms with Gasteiger partial charge in [0.25, 0.3) is 0 Å². The minimum atomic E-state index is -4.67. The molecule has 0 aliphatic heterocycles. The largest absolute Gasteiger partial charge is 0.394 e. The third-order valence-electron chi connectivity index (χ3n) is 0. The van der Waals surface area contributed by atoms with Crippen LogP contribution in [0.25, 0.3) is 0 Å². The molecule has 0 saturated carbocycles. The summed E-state index contributed by atoms with van der Waals surface area (Å²) in [4.78, 5) is 14.3. The van der Waals surface area contributed by atoms with Crippen molar-refractivity contribution in [1.82, 2.24) is 0 Å². The molecule has 7 nitrogen and oxygen atoms in total. The zero-order valence-corrected chi connectivity index (χ0v) is 7.86. The van der Waals surface area contributed by atoms with Crippen molar-refractivity contribution in [3.63, 3.8) is 0 Å².